The van der Waals surface area contributed by atoms with Crippen molar-refractivity contribution in [3.05, 3.63) is 11.1 Å². The van der Waals surface area contributed by atoms with E-state index in [1.807, 2.05) is 11.8 Å². The SMILES string of the molecule is COCCNCC(=O)N1CCN(c2nc(C)cs2)CC1.Cl.Cl. The molecule has 0 radical (unpaired) electrons. The molecule has 22 heavy (non-hydrogen) atoms. The van der Waals surface area contributed by atoms with Gasteiger partial charge in [0.25, 0.3) is 0 Å². The third kappa shape index (κ3) is 6.26. The van der Waals surface area contributed by atoms with Crippen LogP contribution in [0.3, 0.4) is 0 Å². The van der Waals surface area contributed by atoms with Crippen LogP contribution in [0, 0.1) is 6.92 Å². The number of aromatic nitrogens is 1. The largest absolute Gasteiger partial charge is 0.383 e. The molecule has 0 aliphatic carbocycles. The number of thiazole rings is 1. The zero-order chi connectivity index (χ0) is 14.4. The lowest BCUT2D eigenvalue weighted by atomic mass is 10.3. The molecule has 0 saturated carbocycles. The number of aryl methyl sites for hydroxylation is 1. The van der Waals surface area contributed by atoms with E-state index in [1.165, 1.54) is 0 Å². The highest BCUT2D eigenvalue weighted by molar-refractivity contribution is 7.13. The number of methoxy groups -OCH3 is 1. The molecule has 1 N–H and O–H groups in total. The number of hydrogen-bond acceptors (Lipinski definition) is 6. The third-order valence-corrected chi connectivity index (χ3v) is 4.29. The lowest BCUT2D eigenvalue weighted by Gasteiger charge is -2.34. The fraction of sp³-hybridized carbons (Fsp3) is 0.692. The van der Waals surface area contributed by atoms with Crippen molar-refractivity contribution in [2.45, 2.75) is 6.92 Å². The lowest BCUT2D eigenvalue weighted by Crippen LogP contribution is -2.51. The Morgan fingerprint density at radius 1 is 1.36 bits per heavy atom. The molecule has 0 unspecified atom stereocenters. The van der Waals surface area contributed by atoms with Crippen LogP contribution in [0.25, 0.3) is 0 Å². The summed E-state index contributed by atoms with van der Waals surface area (Å²) in [6.45, 7) is 6.98. The second kappa shape index (κ2) is 11.0. The van der Waals surface area contributed by atoms with Gasteiger partial charge in [-0.15, -0.1) is 36.2 Å². The number of nitrogens with zero attached hydrogens (tertiary/aromatic N) is 3. The third-order valence-electron chi connectivity index (χ3n) is 3.27. The average molecular weight is 371 g/mol. The molecule has 0 bridgehead atoms. The highest BCUT2D eigenvalue weighted by Gasteiger charge is 2.22. The van der Waals surface area contributed by atoms with Crippen LogP contribution in [0.15, 0.2) is 5.38 Å². The molecule has 1 fully saturated rings. The Bertz CT molecular complexity index is 439. The second-order valence-electron chi connectivity index (χ2n) is 4.81. The quantitative estimate of drug-likeness (QED) is 0.761. The maximum atomic E-state index is 12.0. The van der Waals surface area contributed by atoms with Gasteiger partial charge in [-0.3, -0.25) is 4.79 Å². The Morgan fingerprint density at radius 3 is 2.59 bits per heavy atom. The average Bonchev–Trinajstić information content (AvgIpc) is 2.90. The minimum absolute atomic E-state index is 0. The van der Waals surface area contributed by atoms with Crippen molar-refractivity contribution in [3.8, 4) is 0 Å². The second-order valence-corrected chi connectivity index (χ2v) is 5.65. The van der Waals surface area contributed by atoms with E-state index in [4.69, 9.17) is 4.74 Å². The number of carbonyl (C=O) groups is 1. The van der Waals surface area contributed by atoms with Gasteiger partial charge in [0.1, 0.15) is 0 Å². The minimum Gasteiger partial charge on any atom is -0.383 e. The summed E-state index contributed by atoms with van der Waals surface area (Å²) in [7, 11) is 1.66. The summed E-state index contributed by atoms with van der Waals surface area (Å²) < 4.78 is 4.93. The standard InChI is InChI=1S/C13H22N4O2S.2ClH/c1-11-10-20-13(15-11)17-6-4-16(5-7-17)12(18)9-14-3-8-19-2;;/h10,14H,3-9H2,1-2H3;2*1H. The molecule has 1 aromatic rings. The van der Waals surface area contributed by atoms with Gasteiger partial charge >= 0.3 is 0 Å². The number of nitrogens with one attached hydrogen (secondary N) is 1. The summed E-state index contributed by atoms with van der Waals surface area (Å²) in [6, 6.07) is 0. The van der Waals surface area contributed by atoms with E-state index in [2.05, 4.69) is 20.6 Å². The number of carbonyl (C=O) groups excluding carboxylic acids is 1. The van der Waals surface area contributed by atoms with E-state index in [9.17, 15) is 4.79 Å². The first-order valence-electron chi connectivity index (χ1n) is 6.85. The fourth-order valence-corrected chi connectivity index (χ4v) is 2.97. The van der Waals surface area contributed by atoms with Crippen LogP contribution >= 0.6 is 36.2 Å². The molecule has 1 aliphatic heterocycles. The zero-order valence-corrected chi connectivity index (χ0v) is 15.4. The predicted octanol–water partition coefficient (Wildman–Crippen LogP) is 1.18. The van der Waals surface area contributed by atoms with Crippen LogP contribution in [0.4, 0.5) is 5.13 Å². The molecule has 9 heteroatoms. The number of ether oxygens (including phenoxy) is 1. The van der Waals surface area contributed by atoms with E-state index < -0.39 is 0 Å². The van der Waals surface area contributed by atoms with Crippen molar-refractivity contribution >= 4 is 47.2 Å². The fourth-order valence-electron chi connectivity index (χ4n) is 2.12. The Kier molecular flexibility index (Phi) is 10.7. The molecule has 2 heterocycles. The van der Waals surface area contributed by atoms with Crippen LogP contribution in [-0.4, -0.2) is 68.8 Å². The van der Waals surface area contributed by atoms with Gasteiger partial charge in [-0.2, -0.15) is 0 Å². The molecule has 1 aromatic heterocycles. The van der Waals surface area contributed by atoms with Crippen molar-refractivity contribution in [1.29, 1.82) is 0 Å². The molecule has 1 amide bonds. The van der Waals surface area contributed by atoms with Crippen LogP contribution in [0.5, 0.6) is 0 Å². The summed E-state index contributed by atoms with van der Waals surface area (Å²) in [5.74, 6) is 0.163. The monoisotopic (exact) mass is 370 g/mol. The smallest absolute Gasteiger partial charge is 0.236 e. The number of anilines is 1. The van der Waals surface area contributed by atoms with Gasteiger partial charge in [-0.05, 0) is 6.92 Å². The Balaban J connectivity index is 0.00000220. The number of amides is 1. The lowest BCUT2D eigenvalue weighted by molar-refractivity contribution is -0.130. The van der Waals surface area contributed by atoms with E-state index in [-0.39, 0.29) is 30.7 Å². The number of halogens is 2. The Labute approximate surface area is 148 Å². The van der Waals surface area contributed by atoms with Crippen molar-refractivity contribution in [2.75, 3.05) is 57.9 Å². The molecule has 0 aromatic carbocycles. The van der Waals surface area contributed by atoms with Crippen molar-refractivity contribution in [1.82, 2.24) is 15.2 Å². The first-order valence-corrected chi connectivity index (χ1v) is 7.73. The molecular weight excluding hydrogens is 347 g/mol. The van der Waals surface area contributed by atoms with Crippen molar-refractivity contribution in [2.24, 2.45) is 0 Å². The van der Waals surface area contributed by atoms with Crippen molar-refractivity contribution < 1.29 is 9.53 Å². The normalized spacial score (nSPS) is 14.3. The topological polar surface area (TPSA) is 57.7 Å². The van der Waals surface area contributed by atoms with Gasteiger partial charge in [0.15, 0.2) is 5.13 Å². The van der Waals surface area contributed by atoms with Crippen LogP contribution in [0.2, 0.25) is 0 Å². The summed E-state index contributed by atoms with van der Waals surface area (Å²) in [6.07, 6.45) is 0. The molecule has 0 atom stereocenters. The van der Waals surface area contributed by atoms with Gasteiger partial charge in [0.05, 0.1) is 18.8 Å². The summed E-state index contributed by atoms with van der Waals surface area (Å²) >= 11 is 1.67. The minimum atomic E-state index is 0. The van der Waals surface area contributed by atoms with E-state index in [0.29, 0.717) is 19.7 Å². The molecule has 128 valence electrons. The number of rotatable bonds is 6. The van der Waals surface area contributed by atoms with E-state index in [1.54, 1.807) is 18.4 Å². The zero-order valence-electron chi connectivity index (χ0n) is 12.9. The summed E-state index contributed by atoms with van der Waals surface area (Å²) in [5.41, 5.74) is 1.06. The van der Waals surface area contributed by atoms with Gasteiger partial charge in [0.2, 0.25) is 5.91 Å². The van der Waals surface area contributed by atoms with E-state index >= 15 is 0 Å². The predicted molar refractivity (Wildman–Crippen MR) is 94.9 cm³/mol. The molecular formula is C13H24Cl2N4O2S. The van der Waals surface area contributed by atoms with Crippen LogP contribution in [-0.2, 0) is 9.53 Å². The first-order chi connectivity index (χ1) is 9.70. The maximum absolute atomic E-state index is 12.0. The highest BCUT2D eigenvalue weighted by atomic mass is 35.5. The maximum Gasteiger partial charge on any atom is 0.236 e. The first kappa shape index (κ1) is 21.4. The van der Waals surface area contributed by atoms with Crippen LogP contribution in [0.1, 0.15) is 5.69 Å². The van der Waals surface area contributed by atoms with Gasteiger partial charge in [-0.25, -0.2) is 4.98 Å². The Morgan fingerprint density at radius 2 is 2.05 bits per heavy atom. The molecule has 1 aliphatic rings. The summed E-state index contributed by atoms with van der Waals surface area (Å²) in [5, 5.41) is 6.21. The summed E-state index contributed by atoms with van der Waals surface area (Å²) in [4.78, 5) is 20.7. The number of piperazine rings is 1. The Hall–Kier alpha value is -0.600. The van der Waals surface area contributed by atoms with Crippen LogP contribution < -0.4 is 10.2 Å². The molecule has 0 spiro atoms. The molecule has 2 rings (SSSR count). The molecule has 6 nitrogen and oxygen atoms in total. The van der Waals surface area contributed by atoms with Gasteiger partial charge in [-0.1, -0.05) is 0 Å². The molecule has 1 saturated heterocycles. The van der Waals surface area contributed by atoms with Crippen molar-refractivity contribution in [3.63, 3.8) is 0 Å². The highest BCUT2D eigenvalue weighted by Crippen LogP contribution is 2.21. The number of hydrogen-bond donors (Lipinski definition) is 1. The van der Waals surface area contributed by atoms with Gasteiger partial charge < -0.3 is 19.9 Å². The van der Waals surface area contributed by atoms with Gasteiger partial charge in [0, 0.05) is 45.2 Å². The van der Waals surface area contributed by atoms with E-state index in [0.717, 1.165) is 37.0 Å².